The highest BCUT2D eigenvalue weighted by atomic mass is 16.3. The molecule has 1 aliphatic rings. The van der Waals surface area contributed by atoms with Crippen molar-refractivity contribution in [3.05, 3.63) is 18.6 Å². The van der Waals surface area contributed by atoms with Gasteiger partial charge in [-0.1, -0.05) is 13.8 Å². The van der Waals surface area contributed by atoms with Crippen LogP contribution in [0.3, 0.4) is 0 Å². The number of H-pyrrole nitrogens is 1. The summed E-state index contributed by atoms with van der Waals surface area (Å²) < 4.78 is 0. The minimum absolute atomic E-state index is 0.136. The topological polar surface area (TPSA) is 65.0 Å². The molecule has 1 aliphatic heterocycles. The van der Waals surface area contributed by atoms with Gasteiger partial charge in [0, 0.05) is 12.7 Å². The van der Waals surface area contributed by atoms with E-state index in [1.54, 1.807) is 6.33 Å². The van der Waals surface area contributed by atoms with Crippen LogP contribution in [-0.2, 0) is 0 Å². The maximum atomic E-state index is 9.68. The molecule has 3 rings (SSSR count). The van der Waals surface area contributed by atoms with Crippen molar-refractivity contribution in [2.45, 2.75) is 32.7 Å². The molecule has 19 heavy (non-hydrogen) atoms. The van der Waals surface area contributed by atoms with Gasteiger partial charge in [-0.05, 0) is 24.3 Å². The number of aliphatic hydroxyl groups is 1. The Balaban J connectivity index is 1.99. The molecule has 0 aromatic carbocycles. The van der Waals surface area contributed by atoms with Gasteiger partial charge in [0.25, 0.3) is 0 Å². The minimum Gasteiger partial charge on any atom is -0.394 e. The van der Waals surface area contributed by atoms with Crippen molar-refractivity contribution in [2.24, 2.45) is 5.41 Å². The zero-order valence-corrected chi connectivity index (χ0v) is 11.4. The van der Waals surface area contributed by atoms with Gasteiger partial charge in [-0.15, -0.1) is 0 Å². The molecule has 0 bridgehead atoms. The Morgan fingerprint density at radius 1 is 1.47 bits per heavy atom. The third-order valence-corrected chi connectivity index (χ3v) is 4.07. The molecule has 0 amide bonds. The van der Waals surface area contributed by atoms with E-state index in [1.165, 1.54) is 0 Å². The maximum absolute atomic E-state index is 9.68. The van der Waals surface area contributed by atoms with Crippen LogP contribution in [0.2, 0.25) is 0 Å². The summed E-state index contributed by atoms with van der Waals surface area (Å²) in [7, 11) is 0. The smallest absolute Gasteiger partial charge is 0.142 e. The number of hydrogen-bond acceptors (Lipinski definition) is 4. The Hall–Kier alpha value is -1.62. The standard InChI is InChI=1S/C14H20N4O/c1-14(2)4-6-18(10(7-14)8-19)13-11-3-5-15-12(11)16-9-17-13/h3,5,9-10,19H,4,6-8H2,1-2H3,(H,15,16,17)/t10-/m0/s1. The highest BCUT2D eigenvalue weighted by molar-refractivity contribution is 5.87. The molecule has 2 aromatic rings. The van der Waals surface area contributed by atoms with E-state index < -0.39 is 0 Å². The van der Waals surface area contributed by atoms with E-state index in [0.29, 0.717) is 0 Å². The number of aromatic amines is 1. The summed E-state index contributed by atoms with van der Waals surface area (Å²) in [5, 5.41) is 10.7. The second-order valence-corrected chi connectivity index (χ2v) is 6.09. The Kier molecular flexibility index (Phi) is 2.93. The van der Waals surface area contributed by atoms with Crippen molar-refractivity contribution in [3.63, 3.8) is 0 Å². The number of aromatic nitrogens is 3. The van der Waals surface area contributed by atoms with Crippen LogP contribution in [0, 0.1) is 5.41 Å². The highest BCUT2D eigenvalue weighted by Gasteiger charge is 2.34. The number of fused-ring (bicyclic) bond motifs is 1. The molecule has 102 valence electrons. The maximum Gasteiger partial charge on any atom is 0.142 e. The Bertz CT molecular complexity index is 578. The minimum atomic E-state index is 0.136. The SMILES string of the molecule is CC1(C)CCN(c2ncnc3[nH]ccc23)[C@H](CO)C1. The quantitative estimate of drug-likeness (QED) is 0.866. The zero-order chi connectivity index (χ0) is 13.5. The Labute approximate surface area is 112 Å². The van der Waals surface area contributed by atoms with E-state index in [1.807, 2.05) is 12.3 Å². The first-order valence-corrected chi connectivity index (χ1v) is 6.76. The Morgan fingerprint density at radius 3 is 3.11 bits per heavy atom. The first-order valence-electron chi connectivity index (χ1n) is 6.76. The molecule has 5 heteroatoms. The van der Waals surface area contributed by atoms with Gasteiger partial charge in [0.1, 0.15) is 17.8 Å². The fourth-order valence-electron chi connectivity index (χ4n) is 2.99. The first-order chi connectivity index (χ1) is 9.11. The van der Waals surface area contributed by atoms with Gasteiger partial charge in [0.2, 0.25) is 0 Å². The summed E-state index contributed by atoms with van der Waals surface area (Å²) >= 11 is 0. The van der Waals surface area contributed by atoms with E-state index in [0.717, 1.165) is 36.2 Å². The average molecular weight is 260 g/mol. The number of piperidine rings is 1. The van der Waals surface area contributed by atoms with Crippen molar-refractivity contribution in [1.82, 2.24) is 15.0 Å². The van der Waals surface area contributed by atoms with Gasteiger partial charge in [-0.25, -0.2) is 9.97 Å². The summed E-state index contributed by atoms with van der Waals surface area (Å²) in [5.41, 5.74) is 1.14. The fraction of sp³-hybridized carbons (Fsp3) is 0.571. The third-order valence-electron chi connectivity index (χ3n) is 4.07. The van der Waals surface area contributed by atoms with Crippen LogP contribution in [0.4, 0.5) is 5.82 Å². The summed E-state index contributed by atoms with van der Waals surface area (Å²) in [6, 6.07) is 2.13. The third kappa shape index (κ3) is 2.18. The van der Waals surface area contributed by atoms with E-state index >= 15 is 0 Å². The van der Waals surface area contributed by atoms with E-state index in [2.05, 4.69) is 33.7 Å². The largest absolute Gasteiger partial charge is 0.394 e. The predicted octanol–water partition coefficient (Wildman–Crippen LogP) is 1.95. The van der Waals surface area contributed by atoms with Crippen molar-refractivity contribution in [1.29, 1.82) is 0 Å². The van der Waals surface area contributed by atoms with Crippen molar-refractivity contribution in [2.75, 3.05) is 18.1 Å². The summed E-state index contributed by atoms with van der Waals surface area (Å²) in [6.45, 7) is 5.62. The van der Waals surface area contributed by atoms with Gasteiger partial charge in [-0.2, -0.15) is 0 Å². The van der Waals surface area contributed by atoms with Crippen LogP contribution in [0.5, 0.6) is 0 Å². The lowest BCUT2D eigenvalue weighted by Gasteiger charge is -2.43. The van der Waals surface area contributed by atoms with Crippen LogP contribution in [0.15, 0.2) is 18.6 Å². The predicted molar refractivity (Wildman–Crippen MR) is 75.1 cm³/mol. The number of anilines is 1. The van der Waals surface area contributed by atoms with Crippen LogP contribution < -0.4 is 4.90 Å². The second-order valence-electron chi connectivity index (χ2n) is 6.09. The van der Waals surface area contributed by atoms with E-state index in [-0.39, 0.29) is 18.1 Å². The molecule has 0 spiro atoms. The van der Waals surface area contributed by atoms with Gasteiger partial charge in [-0.3, -0.25) is 0 Å². The molecular weight excluding hydrogens is 240 g/mol. The van der Waals surface area contributed by atoms with Crippen LogP contribution in [0.1, 0.15) is 26.7 Å². The number of hydrogen-bond donors (Lipinski definition) is 2. The average Bonchev–Trinajstić information content (AvgIpc) is 2.86. The van der Waals surface area contributed by atoms with Crippen molar-refractivity contribution in [3.8, 4) is 0 Å². The first kappa shape index (κ1) is 12.4. The number of nitrogens with one attached hydrogen (secondary N) is 1. The molecule has 1 saturated heterocycles. The van der Waals surface area contributed by atoms with Gasteiger partial charge in [0.05, 0.1) is 18.0 Å². The van der Waals surface area contributed by atoms with Gasteiger partial charge >= 0.3 is 0 Å². The molecule has 0 radical (unpaired) electrons. The molecule has 2 aromatic heterocycles. The van der Waals surface area contributed by atoms with Crippen molar-refractivity contribution < 1.29 is 5.11 Å². The molecule has 1 fully saturated rings. The molecule has 0 aliphatic carbocycles. The molecular formula is C14H20N4O. The lowest BCUT2D eigenvalue weighted by atomic mass is 9.79. The molecule has 1 atom stereocenters. The fourth-order valence-corrected chi connectivity index (χ4v) is 2.99. The number of rotatable bonds is 2. The zero-order valence-electron chi connectivity index (χ0n) is 11.4. The number of nitrogens with zero attached hydrogens (tertiary/aromatic N) is 3. The summed E-state index contributed by atoms with van der Waals surface area (Å²) in [4.78, 5) is 14.0. The molecule has 0 saturated carbocycles. The van der Waals surface area contributed by atoms with Gasteiger partial charge < -0.3 is 15.0 Å². The summed E-state index contributed by atoms with van der Waals surface area (Å²) in [5.74, 6) is 0.931. The molecule has 2 N–H and O–H groups in total. The normalized spacial score (nSPS) is 22.9. The molecule has 3 heterocycles. The second kappa shape index (κ2) is 4.49. The van der Waals surface area contributed by atoms with Crippen LogP contribution in [-0.4, -0.2) is 39.3 Å². The van der Waals surface area contributed by atoms with Crippen LogP contribution >= 0.6 is 0 Å². The van der Waals surface area contributed by atoms with Crippen molar-refractivity contribution >= 4 is 16.9 Å². The Morgan fingerprint density at radius 2 is 2.32 bits per heavy atom. The lowest BCUT2D eigenvalue weighted by molar-refractivity contribution is 0.172. The van der Waals surface area contributed by atoms with Gasteiger partial charge in [0.15, 0.2) is 0 Å². The van der Waals surface area contributed by atoms with Crippen LogP contribution in [0.25, 0.3) is 11.0 Å². The van der Waals surface area contributed by atoms with E-state index in [9.17, 15) is 5.11 Å². The number of aliphatic hydroxyl groups excluding tert-OH is 1. The molecule has 0 unspecified atom stereocenters. The monoisotopic (exact) mass is 260 g/mol. The van der Waals surface area contributed by atoms with E-state index in [4.69, 9.17) is 0 Å². The highest BCUT2D eigenvalue weighted by Crippen LogP contribution is 2.37. The lowest BCUT2D eigenvalue weighted by Crippen LogP contribution is -2.47. The summed E-state index contributed by atoms with van der Waals surface area (Å²) in [6.07, 6.45) is 5.56. The molecule has 5 nitrogen and oxygen atoms in total.